The Bertz CT molecular complexity index is 1690. The number of aryl methyl sites for hydroxylation is 1. The molecule has 8 nitrogen and oxygen atoms in total. The predicted octanol–water partition coefficient (Wildman–Crippen LogP) is 5.54. The van der Waals surface area contributed by atoms with Crippen molar-refractivity contribution in [2.75, 3.05) is 11.9 Å². The molecule has 0 saturated heterocycles. The monoisotopic (exact) mass is 571 g/mol. The van der Waals surface area contributed by atoms with E-state index in [1.807, 2.05) is 71.9 Å². The van der Waals surface area contributed by atoms with Gasteiger partial charge >= 0.3 is 0 Å². The van der Waals surface area contributed by atoms with Gasteiger partial charge in [-0.25, -0.2) is 0 Å². The SMILES string of the molecule is CCc1cc(S(=O)(=O)O)cc2c1NC(=CC=CC=CC1=[N+](CC)c3ccc(S(=O)(=O)O)cc3C1(C)C)C2(C)C. The van der Waals surface area contributed by atoms with E-state index in [1.165, 1.54) is 24.3 Å². The van der Waals surface area contributed by atoms with Crippen molar-refractivity contribution in [2.45, 2.75) is 68.6 Å². The van der Waals surface area contributed by atoms with Crippen LogP contribution in [0.25, 0.3) is 0 Å². The van der Waals surface area contributed by atoms with Crippen LogP contribution in [-0.2, 0) is 37.5 Å². The van der Waals surface area contributed by atoms with Crippen molar-refractivity contribution in [2.24, 2.45) is 0 Å². The fourth-order valence-corrected chi connectivity index (χ4v) is 6.51. The number of hydrogen-bond donors (Lipinski definition) is 3. The fourth-order valence-electron chi connectivity index (χ4n) is 5.45. The predicted molar refractivity (Wildman–Crippen MR) is 153 cm³/mol. The highest BCUT2D eigenvalue weighted by molar-refractivity contribution is 7.86. The molecule has 0 amide bonds. The second-order valence-corrected chi connectivity index (χ2v) is 13.7. The fraction of sp³-hybridized carbons (Fsp3) is 0.345. The highest BCUT2D eigenvalue weighted by Gasteiger charge is 2.44. The Morgan fingerprint density at radius 1 is 0.846 bits per heavy atom. The maximum Gasteiger partial charge on any atom is 0.294 e. The third kappa shape index (κ3) is 5.14. The molecule has 4 rings (SSSR count). The van der Waals surface area contributed by atoms with E-state index in [9.17, 15) is 25.9 Å². The van der Waals surface area contributed by atoms with Crippen molar-refractivity contribution in [3.05, 3.63) is 83.1 Å². The molecular weight excluding hydrogens is 536 g/mol. The molecule has 0 bridgehead atoms. The van der Waals surface area contributed by atoms with Crippen molar-refractivity contribution in [1.82, 2.24) is 0 Å². The largest absolute Gasteiger partial charge is 0.358 e. The zero-order valence-corrected chi connectivity index (χ0v) is 24.6. The molecular formula is C29H35N2O6S2+. The van der Waals surface area contributed by atoms with E-state index in [0.717, 1.165) is 39.5 Å². The number of nitrogens with zero attached hydrogens (tertiary/aromatic N) is 1. The molecule has 0 atom stereocenters. The summed E-state index contributed by atoms with van der Waals surface area (Å²) in [7, 11) is -8.63. The first-order chi connectivity index (χ1) is 18.0. The molecule has 2 aliphatic rings. The molecule has 0 radical (unpaired) electrons. The number of anilines is 1. The zero-order chi connectivity index (χ0) is 29.0. The van der Waals surface area contributed by atoms with E-state index < -0.39 is 31.1 Å². The Morgan fingerprint density at radius 2 is 1.49 bits per heavy atom. The summed E-state index contributed by atoms with van der Waals surface area (Å²) in [6.07, 6.45) is 10.3. The molecule has 39 heavy (non-hydrogen) atoms. The van der Waals surface area contributed by atoms with Crippen LogP contribution in [0.3, 0.4) is 0 Å². The maximum atomic E-state index is 11.8. The normalized spacial score (nSPS) is 19.2. The topological polar surface area (TPSA) is 124 Å². The lowest BCUT2D eigenvalue weighted by molar-refractivity contribution is -0.433. The number of nitrogens with one attached hydrogen (secondary N) is 1. The summed E-state index contributed by atoms with van der Waals surface area (Å²) in [4.78, 5) is -0.223. The van der Waals surface area contributed by atoms with Gasteiger partial charge < -0.3 is 5.32 Å². The molecule has 208 valence electrons. The van der Waals surface area contributed by atoms with Gasteiger partial charge in [-0.1, -0.05) is 39.0 Å². The van der Waals surface area contributed by atoms with Gasteiger partial charge in [-0.3, -0.25) is 9.11 Å². The lowest BCUT2D eigenvalue weighted by Gasteiger charge is -2.20. The first-order valence-electron chi connectivity index (χ1n) is 12.8. The van der Waals surface area contributed by atoms with Gasteiger partial charge in [0.15, 0.2) is 5.71 Å². The van der Waals surface area contributed by atoms with E-state index in [4.69, 9.17) is 0 Å². The first-order valence-corrected chi connectivity index (χ1v) is 15.7. The lowest BCUT2D eigenvalue weighted by Crippen LogP contribution is -2.27. The van der Waals surface area contributed by atoms with Gasteiger partial charge in [-0.15, -0.1) is 0 Å². The molecule has 0 spiro atoms. The van der Waals surface area contributed by atoms with Crippen molar-refractivity contribution < 1.29 is 30.5 Å². The van der Waals surface area contributed by atoms with Gasteiger partial charge in [0, 0.05) is 34.5 Å². The van der Waals surface area contributed by atoms with Crippen LogP contribution in [0.2, 0.25) is 0 Å². The van der Waals surface area contributed by atoms with Crippen LogP contribution >= 0.6 is 0 Å². The highest BCUT2D eigenvalue weighted by Crippen LogP contribution is 2.46. The minimum Gasteiger partial charge on any atom is -0.358 e. The summed E-state index contributed by atoms with van der Waals surface area (Å²) in [5.41, 5.74) is 5.16. The minimum absolute atomic E-state index is 0.103. The Kier molecular flexibility index (Phi) is 7.31. The number of rotatable bonds is 7. The van der Waals surface area contributed by atoms with Crippen LogP contribution in [0.5, 0.6) is 0 Å². The van der Waals surface area contributed by atoms with Gasteiger partial charge in [-0.2, -0.15) is 21.4 Å². The summed E-state index contributed by atoms with van der Waals surface area (Å²) in [5.74, 6) is 0. The first kappa shape index (κ1) is 28.9. The minimum atomic E-state index is -4.32. The number of hydrogen-bond acceptors (Lipinski definition) is 5. The highest BCUT2D eigenvalue weighted by atomic mass is 32.2. The average Bonchev–Trinajstić information content (AvgIpc) is 3.23. The van der Waals surface area contributed by atoms with Gasteiger partial charge in [0.25, 0.3) is 20.2 Å². The van der Waals surface area contributed by atoms with Crippen LogP contribution in [0.4, 0.5) is 11.4 Å². The molecule has 0 unspecified atom stereocenters. The molecule has 0 aliphatic carbocycles. The summed E-state index contributed by atoms with van der Waals surface area (Å²) in [6.45, 7) is 12.7. The van der Waals surface area contributed by atoms with Crippen LogP contribution in [0, 0.1) is 0 Å². The molecule has 2 aromatic rings. The van der Waals surface area contributed by atoms with Gasteiger partial charge in [0.05, 0.1) is 15.2 Å². The summed E-state index contributed by atoms with van der Waals surface area (Å²) < 4.78 is 68.3. The second-order valence-electron chi connectivity index (χ2n) is 10.8. The molecule has 10 heteroatoms. The lowest BCUT2D eigenvalue weighted by atomic mass is 9.81. The molecule has 0 saturated carbocycles. The molecule has 2 heterocycles. The quantitative estimate of drug-likeness (QED) is 0.227. The van der Waals surface area contributed by atoms with E-state index in [0.29, 0.717) is 13.0 Å². The molecule has 0 aromatic heterocycles. The van der Waals surface area contributed by atoms with Crippen LogP contribution in [-0.4, -0.2) is 42.8 Å². The number of benzene rings is 2. The number of allylic oxidation sites excluding steroid dienone is 6. The van der Waals surface area contributed by atoms with Gasteiger partial charge in [0.2, 0.25) is 5.69 Å². The van der Waals surface area contributed by atoms with E-state index in [-0.39, 0.29) is 9.79 Å². The third-order valence-electron chi connectivity index (χ3n) is 7.70. The number of fused-ring (bicyclic) bond motifs is 2. The van der Waals surface area contributed by atoms with E-state index in [1.54, 1.807) is 6.07 Å². The molecule has 3 N–H and O–H groups in total. The van der Waals surface area contributed by atoms with Crippen molar-refractivity contribution >= 4 is 37.3 Å². The Hall–Kier alpha value is -3.05. The maximum absolute atomic E-state index is 11.8. The summed E-state index contributed by atoms with van der Waals surface area (Å²) in [6, 6.07) is 7.73. The van der Waals surface area contributed by atoms with E-state index >= 15 is 0 Å². The third-order valence-corrected chi connectivity index (χ3v) is 9.38. The van der Waals surface area contributed by atoms with Crippen molar-refractivity contribution in [3.63, 3.8) is 0 Å². The van der Waals surface area contributed by atoms with Gasteiger partial charge in [-0.05, 0) is 68.7 Å². The smallest absolute Gasteiger partial charge is 0.294 e. The average molecular weight is 572 g/mol. The van der Waals surface area contributed by atoms with E-state index in [2.05, 4.69) is 9.89 Å². The molecule has 2 aromatic carbocycles. The van der Waals surface area contributed by atoms with Crippen LogP contribution in [0.15, 0.2) is 76.2 Å². The zero-order valence-electron chi connectivity index (χ0n) is 23.0. The van der Waals surface area contributed by atoms with Crippen LogP contribution in [0.1, 0.15) is 58.2 Å². The second kappa shape index (κ2) is 9.85. The van der Waals surface area contributed by atoms with Crippen molar-refractivity contribution in [1.29, 1.82) is 0 Å². The summed E-state index contributed by atoms with van der Waals surface area (Å²) in [5, 5.41) is 3.44. The molecule has 0 fully saturated rings. The standard InChI is InChI=1S/C29H34N2O6S2/c1-7-19-16-21(39(35,36)37)18-23-27(19)30-25(28(23,3)4)12-10-9-11-13-26-29(5,6)22-17-20(38(32,33)34)14-15-24(22)31(26)8-2/h9-18H,7-8H2,1-6H3,(H2,32,33,34,35,36,37)/p+1. The summed E-state index contributed by atoms with van der Waals surface area (Å²) >= 11 is 0. The van der Waals surface area contributed by atoms with Crippen molar-refractivity contribution in [3.8, 4) is 0 Å². The Labute approximate surface area is 231 Å². The molecule has 2 aliphatic heterocycles. The Morgan fingerprint density at radius 3 is 2.08 bits per heavy atom. The van der Waals surface area contributed by atoms with Crippen LogP contribution < -0.4 is 5.32 Å². The van der Waals surface area contributed by atoms with Gasteiger partial charge in [0.1, 0.15) is 6.54 Å². The Balaban J connectivity index is 1.62.